The van der Waals surface area contributed by atoms with Crippen molar-refractivity contribution < 1.29 is 4.74 Å². The van der Waals surface area contributed by atoms with Crippen LogP contribution < -0.4 is 0 Å². The Kier molecular flexibility index (Phi) is 2.42. The summed E-state index contributed by atoms with van der Waals surface area (Å²) in [5, 5.41) is 0. The molecule has 0 spiro atoms. The largest absolute Gasteiger partial charge is 0.364 e. The van der Waals surface area contributed by atoms with E-state index in [1.807, 2.05) is 0 Å². The number of thiol groups is 1. The third-order valence-corrected chi connectivity index (χ3v) is 2.15. The van der Waals surface area contributed by atoms with E-state index in [1.54, 1.807) is 0 Å². The van der Waals surface area contributed by atoms with Crippen molar-refractivity contribution in [1.29, 1.82) is 0 Å². The van der Waals surface area contributed by atoms with Gasteiger partial charge < -0.3 is 4.74 Å². The molecule has 0 aromatic carbocycles. The van der Waals surface area contributed by atoms with Gasteiger partial charge in [-0.3, -0.25) is 0 Å². The monoisotopic (exact) mass is 146 g/mol. The Morgan fingerprint density at radius 2 is 2.11 bits per heavy atom. The van der Waals surface area contributed by atoms with E-state index in [0.29, 0.717) is 12.0 Å². The summed E-state index contributed by atoms with van der Waals surface area (Å²) in [6.45, 7) is 4.38. The molecule has 0 amide bonds. The van der Waals surface area contributed by atoms with Crippen molar-refractivity contribution in [3.05, 3.63) is 0 Å². The van der Waals surface area contributed by atoms with Crippen molar-refractivity contribution in [2.24, 2.45) is 5.92 Å². The van der Waals surface area contributed by atoms with Crippen LogP contribution >= 0.6 is 12.6 Å². The molecular formula is C7H14OS. The molecule has 0 bridgehead atoms. The lowest BCUT2D eigenvalue weighted by molar-refractivity contribution is 0.0609. The van der Waals surface area contributed by atoms with E-state index in [1.165, 1.54) is 6.42 Å². The van der Waals surface area contributed by atoms with Crippen LogP contribution in [0.2, 0.25) is 0 Å². The van der Waals surface area contributed by atoms with Gasteiger partial charge in [-0.05, 0) is 18.8 Å². The van der Waals surface area contributed by atoms with Crippen molar-refractivity contribution in [2.45, 2.75) is 38.2 Å². The van der Waals surface area contributed by atoms with Gasteiger partial charge in [-0.25, -0.2) is 0 Å². The van der Waals surface area contributed by atoms with Gasteiger partial charge in [0.25, 0.3) is 0 Å². The van der Waals surface area contributed by atoms with Crippen LogP contribution in [0.5, 0.6) is 0 Å². The minimum Gasteiger partial charge on any atom is -0.364 e. The number of hydrogen-bond acceptors (Lipinski definition) is 2. The minimum absolute atomic E-state index is 0.206. The van der Waals surface area contributed by atoms with Gasteiger partial charge in [-0.2, -0.15) is 0 Å². The average Bonchev–Trinajstić information content (AvgIpc) is 2.14. The molecule has 0 aromatic heterocycles. The number of ether oxygens (including phenoxy) is 1. The molecule has 0 aliphatic carbocycles. The molecule has 1 fully saturated rings. The van der Waals surface area contributed by atoms with Crippen LogP contribution in [-0.4, -0.2) is 11.5 Å². The molecular weight excluding hydrogens is 132 g/mol. The van der Waals surface area contributed by atoms with Gasteiger partial charge in [-0.15, -0.1) is 12.6 Å². The Morgan fingerprint density at radius 3 is 2.33 bits per heavy atom. The molecule has 1 aliphatic heterocycles. The predicted molar refractivity (Wildman–Crippen MR) is 41.7 cm³/mol. The quantitative estimate of drug-likeness (QED) is 0.557. The summed E-state index contributed by atoms with van der Waals surface area (Å²) in [5.41, 5.74) is 0.206. The third kappa shape index (κ3) is 1.87. The van der Waals surface area contributed by atoms with E-state index < -0.39 is 0 Å². The van der Waals surface area contributed by atoms with Gasteiger partial charge >= 0.3 is 0 Å². The smallest absolute Gasteiger partial charge is 0.100 e. The van der Waals surface area contributed by atoms with Crippen molar-refractivity contribution in [1.82, 2.24) is 0 Å². The first-order valence-electron chi connectivity index (χ1n) is 3.53. The lowest BCUT2D eigenvalue weighted by Gasteiger charge is -2.13. The fourth-order valence-corrected chi connectivity index (χ4v) is 1.44. The standard InChI is InChI=1S/C7H14OS/c1-5(2)6-3-4-7(9)8-6/h5-7,9H,3-4H2,1-2H3. The molecule has 1 nitrogen and oxygen atoms in total. The maximum absolute atomic E-state index is 5.49. The lowest BCUT2D eigenvalue weighted by Crippen LogP contribution is -2.14. The highest BCUT2D eigenvalue weighted by Crippen LogP contribution is 2.26. The maximum atomic E-state index is 5.49. The molecule has 2 atom stereocenters. The zero-order chi connectivity index (χ0) is 6.85. The van der Waals surface area contributed by atoms with Crippen LogP contribution in [0.3, 0.4) is 0 Å². The normalized spacial score (nSPS) is 36.0. The number of rotatable bonds is 1. The Bertz CT molecular complexity index is 92.9. The Labute approximate surface area is 62.2 Å². The maximum Gasteiger partial charge on any atom is 0.100 e. The van der Waals surface area contributed by atoms with Crippen LogP contribution in [0, 0.1) is 5.92 Å². The minimum atomic E-state index is 0.206. The van der Waals surface area contributed by atoms with Crippen LogP contribution in [0.1, 0.15) is 26.7 Å². The zero-order valence-corrected chi connectivity index (χ0v) is 6.90. The first kappa shape index (κ1) is 7.42. The molecule has 1 saturated heterocycles. The summed E-state index contributed by atoms with van der Waals surface area (Å²) in [4.78, 5) is 0. The average molecular weight is 146 g/mol. The molecule has 1 heterocycles. The summed E-state index contributed by atoms with van der Waals surface area (Å²) in [7, 11) is 0. The molecule has 54 valence electrons. The summed E-state index contributed by atoms with van der Waals surface area (Å²) in [6, 6.07) is 0. The molecule has 0 N–H and O–H groups in total. The molecule has 9 heavy (non-hydrogen) atoms. The molecule has 1 rings (SSSR count). The molecule has 0 saturated carbocycles. The first-order chi connectivity index (χ1) is 4.20. The summed E-state index contributed by atoms with van der Waals surface area (Å²) in [5.74, 6) is 0.655. The van der Waals surface area contributed by atoms with E-state index in [2.05, 4.69) is 26.5 Å². The van der Waals surface area contributed by atoms with E-state index in [9.17, 15) is 0 Å². The summed E-state index contributed by atoms with van der Waals surface area (Å²) < 4.78 is 5.49. The van der Waals surface area contributed by atoms with Gasteiger partial charge in [0.05, 0.1) is 6.10 Å². The van der Waals surface area contributed by atoms with Gasteiger partial charge in [0.1, 0.15) is 5.44 Å². The molecule has 0 aromatic rings. The van der Waals surface area contributed by atoms with Crippen molar-refractivity contribution in [2.75, 3.05) is 0 Å². The Hall–Kier alpha value is 0.310. The SMILES string of the molecule is CC(C)C1CCC(S)O1. The topological polar surface area (TPSA) is 9.23 Å². The molecule has 2 unspecified atom stereocenters. The number of hydrogen-bond donors (Lipinski definition) is 1. The second kappa shape index (κ2) is 2.93. The van der Waals surface area contributed by atoms with E-state index in [-0.39, 0.29) is 5.44 Å². The van der Waals surface area contributed by atoms with E-state index >= 15 is 0 Å². The van der Waals surface area contributed by atoms with Crippen LogP contribution in [0.15, 0.2) is 0 Å². The predicted octanol–water partition coefficient (Wildman–Crippen LogP) is 2.08. The Balaban J connectivity index is 2.30. The van der Waals surface area contributed by atoms with Crippen molar-refractivity contribution in [3.8, 4) is 0 Å². The Morgan fingerprint density at radius 1 is 1.44 bits per heavy atom. The molecule has 2 heteroatoms. The van der Waals surface area contributed by atoms with Crippen molar-refractivity contribution >= 4 is 12.6 Å². The highest BCUT2D eigenvalue weighted by molar-refractivity contribution is 7.80. The second-order valence-electron chi connectivity index (χ2n) is 2.95. The summed E-state index contributed by atoms with van der Waals surface area (Å²) >= 11 is 4.22. The van der Waals surface area contributed by atoms with Crippen LogP contribution in [0.4, 0.5) is 0 Å². The summed E-state index contributed by atoms with van der Waals surface area (Å²) in [6.07, 6.45) is 2.77. The highest BCUT2D eigenvalue weighted by atomic mass is 32.1. The second-order valence-corrected chi connectivity index (χ2v) is 3.53. The van der Waals surface area contributed by atoms with Gasteiger partial charge in [0.15, 0.2) is 0 Å². The highest BCUT2D eigenvalue weighted by Gasteiger charge is 2.24. The van der Waals surface area contributed by atoms with E-state index in [4.69, 9.17) is 4.74 Å². The van der Waals surface area contributed by atoms with Crippen molar-refractivity contribution in [3.63, 3.8) is 0 Å². The lowest BCUT2D eigenvalue weighted by atomic mass is 10.1. The van der Waals surface area contributed by atoms with Gasteiger partial charge in [-0.1, -0.05) is 13.8 Å². The van der Waals surface area contributed by atoms with Crippen LogP contribution in [-0.2, 0) is 4.74 Å². The molecule has 1 aliphatic rings. The zero-order valence-electron chi connectivity index (χ0n) is 6.00. The third-order valence-electron chi connectivity index (χ3n) is 1.77. The fraction of sp³-hybridized carbons (Fsp3) is 1.00. The van der Waals surface area contributed by atoms with E-state index in [0.717, 1.165) is 6.42 Å². The van der Waals surface area contributed by atoms with Crippen LogP contribution in [0.25, 0.3) is 0 Å². The first-order valence-corrected chi connectivity index (χ1v) is 4.05. The van der Waals surface area contributed by atoms with Gasteiger partial charge in [0, 0.05) is 0 Å². The molecule has 0 radical (unpaired) electrons. The van der Waals surface area contributed by atoms with Gasteiger partial charge in [0.2, 0.25) is 0 Å². The fourth-order valence-electron chi connectivity index (χ4n) is 1.14.